The highest BCUT2D eigenvalue weighted by Gasteiger charge is 2.40. The number of hydrogen-bond acceptors (Lipinski definition) is 3. The summed E-state index contributed by atoms with van der Waals surface area (Å²) in [5.74, 6) is -0.0373. The molecule has 15 heavy (non-hydrogen) atoms. The summed E-state index contributed by atoms with van der Waals surface area (Å²) in [5, 5.41) is 3.29. The maximum absolute atomic E-state index is 12.1. The Labute approximate surface area is 92.6 Å². The van der Waals surface area contributed by atoms with Crippen LogP contribution in [0.25, 0.3) is 0 Å². The number of esters is 1. The Balaban J connectivity index is 2.68. The Morgan fingerprint density at radius 2 is 2.13 bits per heavy atom. The molecule has 1 fully saturated rings. The second kappa shape index (κ2) is 4.52. The molecule has 1 atom stereocenters. The van der Waals surface area contributed by atoms with Crippen LogP contribution in [0.5, 0.6) is 0 Å². The van der Waals surface area contributed by atoms with Crippen molar-refractivity contribution in [1.29, 1.82) is 0 Å². The van der Waals surface area contributed by atoms with Crippen LogP contribution in [-0.2, 0) is 9.53 Å². The van der Waals surface area contributed by atoms with Crippen LogP contribution in [0.4, 0.5) is 0 Å². The lowest BCUT2D eigenvalue weighted by Crippen LogP contribution is -2.47. The minimum atomic E-state index is -0.378. The van der Waals surface area contributed by atoms with Gasteiger partial charge in [0.15, 0.2) is 0 Å². The van der Waals surface area contributed by atoms with E-state index in [0.717, 1.165) is 32.4 Å². The molecular weight excluding hydrogens is 190 g/mol. The van der Waals surface area contributed by atoms with Gasteiger partial charge in [-0.25, -0.2) is 0 Å². The van der Waals surface area contributed by atoms with Crippen molar-refractivity contribution in [3.63, 3.8) is 0 Å². The molecule has 0 bridgehead atoms. The number of nitrogens with one attached hydrogen (secondary N) is 1. The minimum absolute atomic E-state index is 0.0373. The van der Waals surface area contributed by atoms with Crippen molar-refractivity contribution in [3.8, 4) is 0 Å². The topological polar surface area (TPSA) is 38.3 Å². The lowest BCUT2D eigenvalue weighted by atomic mass is 9.78. The first-order chi connectivity index (χ1) is 6.90. The second-order valence-corrected chi connectivity index (χ2v) is 5.42. The number of rotatable bonds is 2. The standard InChI is InChI=1S/C12H23NO2/c1-5-12(7-6-8-13-9-12)10(14)15-11(2,3)4/h13H,5-9H2,1-4H3/t12-/m1/s1. The van der Waals surface area contributed by atoms with Gasteiger partial charge in [0.25, 0.3) is 0 Å². The van der Waals surface area contributed by atoms with Crippen LogP contribution in [0.15, 0.2) is 0 Å². The molecule has 0 aromatic carbocycles. The molecule has 1 heterocycles. The summed E-state index contributed by atoms with van der Waals surface area (Å²) in [5.41, 5.74) is -0.664. The molecule has 0 radical (unpaired) electrons. The summed E-state index contributed by atoms with van der Waals surface area (Å²) >= 11 is 0. The quantitative estimate of drug-likeness (QED) is 0.714. The Morgan fingerprint density at radius 3 is 2.53 bits per heavy atom. The van der Waals surface area contributed by atoms with Crippen molar-refractivity contribution in [3.05, 3.63) is 0 Å². The highest BCUT2D eigenvalue weighted by Crippen LogP contribution is 2.32. The summed E-state index contributed by atoms with van der Waals surface area (Å²) in [6.07, 6.45) is 2.87. The zero-order valence-corrected chi connectivity index (χ0v) is 10.4. The van der Waals surface area contributed by atoms with Gasteiger partial charge in [-0.05, 0) is 46.6 Å². The summed E-state index contributed by atoms with van der Waals surface area (Å²) in [6.45, 7) is 9.61. The third kappa shape index (κ3) is 3.20. The van der Waals surface area contributed by atoms with Gasteiger partial charge in [0.05, 0.1) is 5.41 Å². The van der Waals surface area contributed by atoms with Crippen molar-refractivity contribution >= 4 is 5.97 Å². The molecule has 1 N–H and O–H groups in total. The van der Waals surface area contributed by atoms with Crippen LogP contribution in [0.1, 0.15) is 47.0 Å². The molecule has 0 aromatic rings. The lowest BCUT2D eigenvalue weighted by molar-refractivity contribution is -0.169. The van der Waals surface area contributed by atoms with Crippen LogP contribution in [0.2, 0.25) is 0 Å². The van der Waals surface area contributed by atoms with Gasteiger partial charge in [-0.3, -0.25) is 4.79 Å². The number of piperidine rings is 1. The summed E-state index contributed by atoms with van der Waals surface area (Å²) < 4.78 is 5.49. The van der Waals surface area contributed by atoms with E-state index in [2.05, 4.69) is 12.2 Å². The molecule has 1 saturated heterocycles. The van der Waals surface area contributed by atoms with Gasteiger partial charge in [-0.1, -0.05) is 6.92 Å². The first kappa shape index (κ1) is 12.5. The van der Waals surface area contributed by atoms with E-state index < -0.39 is 0 Å². The third-order valence-corrected chi connectivity index (χ3v) is 2.98. The number of hydrogen-bond donors (Lipinski definition) is 1. The van der Waals surface area contributed by atoms with E-state index in [1.54, 1.807) is 0 Å². The van der Waals surface area contributed by atoms with Gasteiger partial charge < -0.3 is 10.1 Å². The number of carbonyl (C=O) groups excluding carboxylic acids is 1. The highest BCUT2D eigenvalue weighted by molar-refractivity contribution is 5.77. The fourth-order valence-electron chi connectivity index (χ4n) is 1.97. The molecule has 1 aliphatic rings. The van der Waals surface area contributed by atoms with Gasteiger partial charge in [-0.15, -0.1) is 0 Å². The van der Waals surface area contributed by atoms with Crippen molar-refractivity contribution < 1.29 is 9.53 Å². The zero-order chi connectivity index (χ0) is 11.5. The maximum atomic E-state index is 12.1. The monoisotopic (exact) mass is 213 g/mol. The van der Waals surface area contributed by atoms with Gasteiger partial charge >= 0.3 is 5.97 Å². The van der Waals surface area contributed by atoms with E-state index in [-0.39, 0.29) is 17.0 Å². The number of carbonyl (C=O) groups is 1. The summed E-state index contributed by atoms with van der Waals surface area (Å²) in [6, 6.07) is 0. The van der Waals surface area contributed by atoms with Crippen molar-refractivity contribution in [1.82, 2.24) is 5.32 Å². The average molecular weight is 213 g/mol. The SMILES string of the molecule is CC[C@@]1(C(=O)OC(C)(C)C)CCCNC1. The van der Waals surface area contributed by atoms with E-state index in [4.69, 9.17) is 4.74 Å². The van der Waals surface area contributed by atoms with E-state index in [1.165, 1.54) is 0 Å². The van der Waals surface area contributed by atoms with Gasteiger partial charge in [0, 0.05) is 6.54 Å². The molecule has 3 nitrogen and oxygen atoms in total. The molecule has 0 spiro atoms. The first-order valence-corrected chi connectivity index (χ1v) is 5.84. The third-order valence-electron chi connectivity index (χ3n) is 2.98. The highest BCUT2D eigenvalue weighted by atomic mass is 16.6. The molecule has 3 heteroatoms. The normalized spacial score (nSPS) is 27.5. The zero-order valence-electron chi connectivity index (χ0n) is 10.4. The molecule has 0 saturated carbocycles. The van der Waals surface area contributed by atoms with Crippen LogP contribution in [-0.4, -0.2) is 24.7 Å². The van der Waals surface area contributed by atoms with E-state index in [1.807, 2.05) is 20.8 Å². The lowest BCUT2D eigenvalue weighted by Gasteiger charge is -2.36. The fraction of sp³-hybridized carbons (Fsp3) is 0.917. The molecular formula is C12H23NO2. The van der Waals surface area contributed by atoms with E-state index in [9.17, 15) is 4.79 Å². The van der Waals surface area contributed by atoms with Gasteiger partial charge in [0.2, 0.25) is 0 Å². The van der Waals surface area contributed by atoms with Crippen LogP contribution < -0.4 is 5.32 Å². The summed E-state index contributed by atoms with van der Waals surface area (Å²) in [4.78, 5) is 12.1. The van der Waals surface area contributed by atoms with Gasteiger partial charge in [-0.2, -0.15) is 0 Å². The van der Waals surface area contributed by atoms with Crippen LogP contribution in [0.3, 0.4) is 0 Å². The largest absolute Gasteiger partial charge is 0.460 e. The first-order valence-electron chi connectivity index (χ1n) is 5.84. The van der Waals surface area contributed by atoms with Crippen molar-refractivity contribution in [2.75, 3.05) is 13.1 Å². The number of ether oxygens (including phenoxy) is 1. The molecule has 1 rings (SSSR count). The predicted octanol–water partition coefficient (Wildman–Crippen LogP) is 2.11. The molecule has 88 valence electrons. The average Bonchev–Trinajstić information content (AvgIpc) is 2.16. The minimum Gasteiger partial charge on any atom is -0.460 e. The van der Waals surface area contributed by atoms with Crippen LogP contribution in [0, 0.1) is 5.41 Å². The van der Waals surface area contributed by atoms with Crippen LogP contribution >= 0.6 is 0 Å². The summed E-state index contributed by atoms with van der Waals surface area (Å²) in [7, 11) is 0. The Morgan fingerprint density at radius 1 is 1.47 bits per heavy atom. The maximum Gasteiger partial charge on any atom is 0.313 e. The molecule has 0 aromatic heterocycles. The predicted molar refractivity (Wildman–Crippen MR) is 60.7 cm³/mol. The Kier molecular flexibility index (Phi) is 3.77. The molecule has 0 aliphatic carbocycles. The van der Waals surface area contributed by atoms with Crippen molar-refractivity contribution in [2.24, 2.45) is 5.41 Å². The van der Waals surface area contributed by atoms with E-state index in [0.29, 0.717) is 0 Å². The fourth-order valence-corrected chi connectivity index (χ4v) is 1.97. The molecule has 0 amide bonds. The van der Waals surface area contributed by atoms with E-state index >= 15 is 0 Å². The Bertz CT molecular complexity index is 224. The van der Waals surface area contributed by atoms with Gasteiger partial charge in [0.1, 0.15) is 5.60 Å². The second-order valence-electron chi connectivity index (χ2n) is 5.42. The smallest absolute Gasteiger partial charge is 0.313 e. The van der Waals surface area contributed by atoms with Crippen molar-refractivity contribution in [2.45, 2.75) is 52.6 Å². The molecule has 0 unspecified atom stereocenters. The molecule has 1 aliphatic heterocycles. The Hall–Kier alpha value is -0.570.